The summed E-state index contributed by atoms with van der Waals surface area (Å²) in [5.74, 6) is 0.930. The highest BCUT2D eigenvalue weighted by Gasteiger charge is 2.30. The fourth-order valence-corrected chi connectivity index (χ4v) is 3.22. The zero-order chi connectivity index (χ0) is 14.7. The van der Waals surface area contributed by atoms with Crippen LogP contribution in [-0.2, 0) is 4.79 Å². The summed E-state index contributed by atoms with van der Waals surface area (Å²) in [6, 6.07) is 4.07. The number of aryl methyl sites for hydroxylation is 1. The van der Waals surface area contributed by atoms with Gasteiger partial charge in [0.1, 0.15) is 0 Å². The lowest BCUT2D eigenvalue weighted by Gasteiger charge is -2.24. The third kappa shape index (κ3) is 3.24. The number of carbonyl (C=O) groups excluding carboxylic acids is 1. The Morgan fingerprint density at radius 2 is 2.43 bits per heavy atom. The van der Waals surface area contributed by atoms with E-state index in [2.05, 4.69) is 15.2 Å². The number of thioether (sulfide) groups is 1. The Labute approximate surface area is 127 Å². The third-order valence-corrected chi connectivity index (χ3v) is 4.27. The molecule has 1 aliphatic heterocycles. The van der Waals surface area contributed by atoms with Gasteiger partial charge >= 0.3 is 0 Å². The summed E-state index contributed by atoms with van der Waals surface area (Å²) in [4.78, 5) is 18.5. The molecule has 0 saturated carbocycles. The van der Waals surface area contributed by atoms with E-state index in [0.717, 1.165) is 24.9 Å². The second kappa shape index (κ2) is 6.26. The van der Waals surface area contributed by atoms with E-state index in [1.807, 2.05) is 23.2 Å². The van der Waals surface area contributed by atoms with E-state index in [1.54, 1.807) is 13.1 Å². The van der Waals surface area contributed by atoms with E-state index < -0.39 is 0 Å². The molecule has 0 spiro atoms. The van der Waals surface area contributed by atoms with Gasteiger partial charge in [0.15, 0.2) is 0 Å². The first-order chi connectivity index (χ1) is 10.2. The number of rotatable bonds is 4. The minimum Gasteiger partial charge on any atom is -0.416 e. The zero-order valence-corrected chi connectivity index (χ0v) is 12.5. The van der Waals surface area contributed by atoms with Gasteiger partial charge in [-0.1, -0.05) is 17.8 Å². The highest BCUT2D eigenvalue weighted by molar-refractivity contribution is 7.99. The molecule has 3 heterocycles. The molecule has 21 heavy (non-hydrogen) atoms. The summed E-state index contributed by atoms with van der Waals surface area (Å²) in [6.45, 7) is 2.53. The van der Waals surface area contributed by atoms with Gasteiger partial charge in [0.25, 0.3) is 5.22 Å². The standard InChI is InChI=1S/C14H16N4O2S/c1-10-16-17-14(20-10)21-9-13(19)18-7-3-5-12(18)11-4-2-6-15-8-11/h2,4,6,8,12H,3,5,7,9H2,1H3. The maximum absolute atomic E-state index is 12.4. The first-order valence-corrected chi connectivity index (χ1v) is 7.85. The molecule has 110 valence electrons. The fourth-order valence-electron chi connectivity index (χ4n) is 2.53. The third-order valence-electron chi connectivity index (χ3n) is 3.47. The fraction of sp³-hybridized carbons (Fsp3) is 0.429. The number of nitrogens with zero attached hydrogens (tertiary/aromatic N) is 4. The summed E-state index contributed by atoms with van der Waals surface area (Å²) >= 11 is 1.29. The Morgan fingerprint density at radius 1 is 1.52 bits per heavy atom. The number of aromatic nitrogens is 3. The van der Waals surface area contributed by atoms with Crippen molar-refractivity contribution >= 4 is 17.7 Å². The molecule has 0 aliphatic carbocycles. The molecular formula is C14H16N4O2S. The molecule has 1 amide bonds. The molecule has 2 aromatic heterocycles. The molecule has 3 rings (SSSR count). The predicted octanol–water partition coefficient (Wildman–Crippen LogP) is 2.23. The number of likely N-dealkylation sites (tertiary alicyclic amines) is 1. The lowest BCUT2D eigenvalue weighted by atomic mass is 10.1. The SMILES string of the molecule is Cc1nnc(SCC(=O)N2CCCC2c2cccnc2)o1. The second-order valence-electron chi connectivity index (χ2n) is 4.91. The molecule has 1 saturated heterocycles. The van der Waals surface area contributed by atoms with E-state index in [-0.39, 0.29) is 11.9 Å². The van der Waals surface area contributed by atoms with Gasteiger partial charge in [0, 0.05) is 25.9 Å². The lowest BCUT2D eigenvalue weighted by molar-refractivity contribution is -0.129. The number of pyridine rings is 1. The predicted molar refractivity (Wildman–Crippen MR) is 77.7 cm³/mol. The molecule has 0 N–H and O–H groups in total. The Kier molecular flexibility index (Phi) is 4.19. The Bertz CT molecular complexity index is 616. The van der Waals surface area contributed by atoms with Gasteiger partial charge in [0.05, 0.1) is 11.8 Å². The van der Waals surface area contributed by atoms with Crippen molar-refractivity contribution in [1.29, 1.82) is 0 Å². The Morgan fingerprint density at radius 3 is 3.14 bits per heavy atom. The Balaban J connectivity index is 1.63. The number of hydrogen-bond acceptors (Lipinski definition) is 6. The summed E-state index contributed by atoms with van der Waals surface area (Å²) in [5.41, 5.74) is 1.10. The molecule has 1 unspecified atom stereocenters. The largest absolute Gasteiger partial charge is 0.416 e. The highest BCUT2D eigenvalue weighted by atomic mass is 32.2. The monoisotopic (exact) mass is 304 g/mol. The lowest BCUT2D eigenvalue weighted by Crippen LogP contribution is -2.32. The molecule has 1 fully saturated rings. The molecule has 1 atom stereocenters. The van der Waals surface area contributed by atoms with Crippen LogP contribution in [0.1, 0.15) is 30.3 Å². The average molecular weight is 304 g/mol. The van der Waals surface area contributed by atoms with Gasteiger partial charge < -0.3 is 9.32 Å². The van der Waals surface area contributed by atoms with Crippen LogP contribution in [0.25, 0.3) is 0 Å². The minimum absolute atomic E-state index is 0.0993. The highest BCUT2D eigenvalue weighted by Crippen LogP contribution is 2.32. The molecule has 0 radical (unpaired) electrons. The Hall–Kier alpha value is -1.89. The van der Waals surface area contributed by atoms with Crippen LogP contribution in [-0.4, -0.2) is 38.3 Å². The van der Waals surface area contributed by atoms with Crippen LogP contribution >= 0.6 is 11.8 Å². The van der Waals surface area contributed by atoms with Crippen molar-refractivity contribution in [3.05, 3.63) is 36.0 Å². The first kappa shape index (κ1) is 14.1. The molecule has 2 aromatic rings. The zero-order valence-electron chi connectivity index (χ0n) is 11.7. The maximum Gasteiger partial charge on any atom is 0.277 e. The smallest absolute Gasteiger partial charge is 0.277 e. The molecule has 0 bridgehead atoms. The van der Waals surface area contributed by atoms with Gasteiger partial charge in [-0.25, -0.2) is 0 Å². The van der Waals surface area contributed by atoms with Crippen LogP contribution in [0.2, 0.25) is 0 Å². The van der Waals surface area contributed by atoms with Gasteiger partial charge in [0.2, 0.25) is 11.8 Å². The van der Waals surface area contributed by atoms with Crippen LogP contribution in [0.5, 0.6) is 0 Å². The summed E-state index contributed by atoms with van der Waals surface area (Å²) in [5, 5.41) is 8.08. The number of amides is 1. The van der Waals surface area contributed by atoms with E-state index >= 15 is 0 Å². The topological polar surface area (TPSA) is 72.1 Å². The van der Waals surface area contributed by atoms with Crippen molar-refractivity contribution in [3.63, 3.8) is 0 Å². The van der Waals surface area contributed by atoms with E-state index in [1.165, 1.54) is 11.8 Å². The average Bonchev–Trinajstić information content (AvgIpc) is 3.14. The van der Waals surface area contributed by atoms with Gasteiger partial charge in [-0.3, -0.25) is 9.78 Å². The number of carbonyl (C=O) groups is 1. The molecule has 6 nitrogen and oxygen atoms in total. The van der Waals surface area contributed by atoms with Crippen LogP contribution in [0.4, 0.5) is 0 Å². The van der Waals surface area contributed by atoms with E-state index in [9.17, 15) is 4.79 Å². The quantitative estimate of drug-likeness (QED) is 0.807. The van der Waals surface area contributed by atoms with Gasteiger partial charge in [-0.05, 0) is 24.5 Å². The van der Waals surface area contributed by atoms with Crippen molar-refractivity contribution in [2.45, 2.75) is 31.0 Å². The van der Waals surface area contributed by atoms with Crippen LogP contribution in [0.15, 0.2) is 34.2 Å². The summed E-state index contributed by atoms with van der Waals surface area (Å²) < 4.78 is 5.27. The van der Waals surface area contributed by atoms with Gasteiger partial charge in [-0.2, -0.15) is 0 Å². The second-order valence-corrected chi connectivity index (χ2v) is 5.83. The minimum atomic E-state index is 0.0993. The first-order valence-electron chi connectivity index (χ1n) is 6.86. The maximum atomic E-state index is 12.4. The van der Waals surface area contributed by atoms with E-state index in [4.69, 9.17) is 4.42 Å². The summed E-state index contributed by atoms with van der Waals surface area (Å²) in [7, 11) is 0. The molecule has 7 heteroatoms. The van der Waals surface area contributed by atoms with Crippen molar-refractivity contribution in [3.8, 4) is 0 Å². The number of hydrogen-bond donors (Lipinski definition) is 0. The summed E-state index contributed by atoms with van der Waals surface area (Å²) in [6.07, 6.45) is 5.60. The van der Waals surface area contributed by atoms with Crippen molar-refractivity contribution in [2.75, 3.05) is 12.3 Å². The van der Waals surface area contributed by atoms with Crippen molar-refractivity contribution in [1.82, 2.24) is 20.1 Å². The van der Waals surface area contributed by atoms with Gasteiger partial charge in [-0.15, -0.1) is 10.2 Å². The van der Waals surface area contributed by atoms with Crippen LogP contribution in [0, 0.1) is 6.92 Å². The normalized spacial score (nSPS) is 18.1. The van der Waals surface area contributed by atoms with Crippen LogP contribution < -0.4 is 0 Å². The van der Waals surface area contributed by atoms with Crippen molar-refractivity contribution in [2.24, 2.45) is 0 Å². The van der Waals surface area contributed by atoms with E-state index in [0.29, 0.717) is 16.9 Å². The van der Waals surface area contributed by atoms with Crippen LogP contribution in [0.3, 0.4) is 0 Å². The molecular weight excluding hydrogens is 288 g/mol. The van der Waals surface area contributed by atoms with Crippen molar-refractivity contribution < 1.29 is 9.21 Å². The molecule has 1 aliphatic rings. The molecule has 0 aromatic carbocycles.